The maximum absolute atomic E-state index is 11.0. The molecule has 0 heterocycles. The second-order valence-electron chi connectivity index (χ2n) is 4.88. The van der Waals surface area contributed by atoms with E-state index in [0.29, 0.717) is 6.42 Å². The van der Waals surface area contributed by atoms with Crippen molar-refractivity contribution in [2.75, 3.05) is 0 Å². The van der Waals surface area contributed by atoms with Gasteiger partial charge in [-0.15, -0.1) is 0 Å². The lowest BCUT2D eigenvalue weighted by molar-refractivity contribution is -0.138. The predicted molar refractivity (Wildman–Crippen MR) is 77.4 cm³/mol. The molecular weight excluding hydrogens is 224 g/mol. The van der Waals surface area contributed by atoms with Crippen LogP contribution >= 0.6 is 0 Å². The molecule has 0 aliphatic rings. The molecular formula is C16H30O2. The van der Waals surface area contributed by atoms with Crippen LogP contribution in [-0.4, -0.2) is 5.97 Å². The number of esters is 1. The van der Waals surface area contributed by atoms with Gasteiger partial charge in [-0.25, -0.2) is 0 Å². The molecule has 0 aromatic carbocycles. The van der Waals surface area contributed by atoms with Crippen LogP contribution in [0.15, 0.2) is 12.3 Å². The second-order valence-corrected chi connectivity index (χ2v) is 4.88. The third-order valence-corrected chi connectivity index (χ3v) is 2.97. The molecule has 0 aromatic heterocycles. The fraction of sp³-hybridized carbons (Fsp3) is 0.812. The number of carbonyl (C=O) groups is 1. The van der Waals surface area contributed by atoms with Gasteiger partial charge in [-0.3, -0.25) is 4.79 Å². The summed E-state index contributed by atoms with van der Waals surface area (Å²) in [4.78, 5) is 11.0. The third kappa shape index (κ3) is 13.3. The van der Waals surface area contributed by atoms with Crippen LogP contribution in [0.3, 0.4) is 0 Å². The molecule has 106 valence electrons. The highest BCUT2D eigenvalue weighted by Crippen LogP contribution is 2.09. The number of unbranched alkanes of at least 4 members (excludes halogenated alkanes) is 8. The monoisotopic (exact) mass is 254 g/mol. The van der Waals surface area contributed by atoms with E-state index in [-0.39, 0.29) is 5.97 Å². The van der Waals surface area contributed by atoms with Gasteiger partial charge >= 0.3 is 5.97 Å². The highest BCUT2D eigenvalue weighted by molar-refractivity contribution is 5.69. The quantitative estimate of drug-likeness (QED) is 0.266. The van der Waals surface area contributed by atoms with E-state index in [9.17, 15) is 4.79 Å². The Morgan fingerprint density at radius 2 is 1.50 bits per heavy atom. The molecule has 0 aliphatic heterocycles. The van der Waals surface area contributed by atoms with E-state index in [2.05, 4.69) is 6.92 Å². The van der Waals surface area contributed by atoms with E-state index in [4.69, 9.17) is 4.74 Å². The van der Waals surface area contributed by atoms with E-state index in [0.717, 1.165) is 12.8 Å². The zero-order valence-corrected chi connectivity index (χ0v) is 12.2. The highest BCUT2D eigenvalue weighted by atomic mass is 16.5. The Morgan fingerprint density at radius 1 is 0.889 bits per heavy atom. The molecule has 0 aromatic rings. The summed E-state index contributed by atoms with van der Waals surface area (Å²) >= 11 is 0. The molecule has 0 saturated carbocycles. The topological polar surface area (TPSA) is 26.3 Å². The van der Waals surface area contributed by atoms with Crippen LogP contribution in [0.25, 0.3) is 0 Å². The zero-order valence-electron chi connectivity index (χ0n) is 12.2. The zero-order chi connectivity index (χ0) is 13.5. The van der Waals surface area contributed by atoms with Gasteiger partial charge in [0.25, 0.3) is 0 Å². The lowest BCUT2D eigenvalue weighted by Crippen LogP contribution is -1.97. The average molecular weight is 254 g/mol. The van der Waals surface area contributed by atoms with Crippen molar-refractivity contribution in [2.24, 2.45) is 0 Å². The first-order chi connectivity index (χ1) is 8.81. The summed E-state index contributed by atoms with van der Waals surface area (Å²) in [6, 6.07) is 0. The summed E-state index contributed by atoms with van der Waals surface area (Å²) in [5, 5.41) is 0. The van der Waals surface area contributed by atoms with Crippen LogP contribution in [-0.2, 0) is 9.53 Å². The average Bonchev–Trinajstić information content (AvgIpc) is 2.36. The van der Waals surface area contributed by atoms with Crippen LogP contribution in [0.5, 0.6) is 0 Å². The molecule has 0 fully saturated rings. The molecule has 0 spiro atoms. The number of rotatable bonds is 12. The summed E-state index contributed by atoms with van der Waals surface area (Å²) in [7, 11) is 0. The summed E-state index contributed by atoms with van der Waals surface area (Å²) in [6.07, 6.45) is 16.6. The first-order valence-corrected chi connectivity index (χ1v) is 7.65. The van der Waals surface area contributed by atoms with E-state index in [1.807, 2.05) is 13.0 Å². The van der Waals surface area contributed by atoms with Crippen molar-refractivity contribution >= 4 is 5.97 Å². The standard InChI is InChI=1S/C16H30O2/c1-3-5-6-7-8-9-10-11-12-13-15-18-16(17)14-4-2/h13,15H,3-12,14H2,1-2H3. The molecule has 18 heavy (non-hydrogen) atoms. The van der Waals surface area contributed by atoms with Crippen LogP contribution < -0.4 is 0 Å². The lowest BCUT2D eigenvalue weighted by atomic mass is 10.1. The van der Waals surface area contributed by atoms with Gasteiger partial charge in [0.1, 0.15) is 0 Å². The van der Waals surface area contributed by atoms with Crippen molar-refractivity contribution in [1.82, 2.24) is 0 Å². The van der Waals surface area contributed by atoms with Crippen LogP contribution in [0, 0.1) is 0 Å². The minimum Gasteiger partial charge on any atom is -0.435 e. The molecule has 0 rings (SSSR count). The number of ether oxygens (including phenoxy) is 1. The molecule has 2 nitrogen and oxygen atoms in total. The molecule has 0 radical (unpaired) electrons. The van der Waals surface area contributed by atoms with Gasteiger partial charge in [-0.1, -0.05) is 58.8 Å². The first kappa shape index (κ1) is 17.2. The van der Waals surface area contributed by atoms with Crippen LogP contribution in [0.2, 0.25) is 0 Å². The number of hydrogen-bond acceptors (Lipinski definition) is 2. The molecule has 0 bridgehead atoms. The number of hydrogen-bond donors (Lipinski definition) is 0. The Hall–Kier alpha value is -0.790. The van der Waals surface area contributed by atoms with Gasteiger partial charge in [-0.05, 0) is 25.3 Å². The van der Waals surface area contributed by atoms with Gasteiger partial charge in [-0.2, -0.15) is 0 Å². The van der Waals surface area contributed by atoms with E-state index in [1.54, 1.807) is 6.26 Å². The van der Waals surface area contributed by atoms with Gasteiger partial charge in [0, 0.05) is 6.42 Å². The van der Waals surface area contributed by atoms with E-state index in [1.165, 1.54) is 51.4 Å². The fourth-order valence-corrected chi connectivity index (χ4v) is 1.85. The number of carbonyl (C=O) groups excluding carboxylic acids is 1. The Kier molecular flexibility index (Phi) is 13.6. The summed E-state index contributed by atoms with van der Waals surface area (Å²) in [5.74, 6) is -0.121. The molecule has 0 saturated heterocycles. The Balaban J connectivity index is 3.15. The summed E-state index contributed by atoms with van der Waals surface area (Å²) in [5.41, 5.74) is 0. The van der Waals surface area contributed by atoms with Crippen molar-refractivity contribution in [3.8, 4) is 0 Å². The molecule has 0 N–H and O–H groups in total. The SMILES string of the molecule is CCCCCCCCCCC=COC(=O)CCC. The minimum absolute atomic E-state index is 0.121. The van der Waals surface area contributed by atoms with Crippen molar-refractivity contribution in [2.45, 2.75) is 84.5 Å². The number of allylic oxidation sites excluding steroid dienone is 1. The van der Waals surface area contributed by atoms with Gasteiger partial charge in [0.05, 0.1) is 6.26 Å². The summed E-state index contributed by atoms with van der Waals surface area (Å²) < 4.78 is 4.93. The van der Waals surface area contributed by atoms with E-state index < -0.39 is 0 Å². The lowest BCUT2D eigenvalue weighted by Gasteiger charge is -2.00. The smallest absolute Gasteiger partial charge is 0.310 e. The van der Waals surface area contributed by atoms with Crippen molar-refractivity contribution in [1.29, 1.82) is 0 Å². The molecule has 0 aliphatic carbocycles. The van der Waals surface area contributed by atoms with E-state index >= 15 is 0 Å². The summed E-state index contributed by atoms with van der Waals surface area (Å²) in [6.45, 7) is 4.23. The van der Waals surface area contributed by atoms with Gasteiger partial charge in [0.2, 0.25) is 0 Å². The highest BCUT2D eigenvalue weighted by Gasteiger charge is 1.96. The van der Waals surface area contributed by atoms with Crippen molar-refractivity contribution in [3.63, 3.8) is 0 Å². The fourth-order valence-electron chi connectivity index (χ4n) is 1.85. The largest absolute Gasteiger partial charge is 0.435 e. The second kappa shape index (κ2) is 14.3. The third-order valence-electron chi connectivity index (χ3n) is 2.97. The predicted octanol–water partition coefficient (Wildman–Crippen LogP) is 5.37. The Morgan fingerprint density at radius 3 is 2.11 bits per heavy atom. The van der Waals surface area contributed by atoms with Gasteiger partial charge in [0.15, 0.2) is 0 Å². The molecule has 0 amide bonds. The van der Waals surface area contributed by atoms with Crippen molar-refractivity contribution in [3.05, 3.63) is 12.3 Å². The molecule has 0 unspecified atom stereocenters. The normalized spacial score (nSPS) is 11.0. The maximum Gasteiger partial charge on any atom is 0.310 e. The maximum atomic E-state index is 11.0. The minimum atomic E-state index is -0.121. The molecule has 2 heteroatoms. The molecule has 0 atom stereocenters. The van der Waals surface area contributed by atoms with Crippen LogP contribution in [0.1, 0.15) is 84.5 Å². The van der Waals surface area contributed by atoms with Gasteiger partial charge < -0.3 is 4.74 Å². The van der Waals surface area contributed by atoms with Crippen LogP contribution in [0.4, 0.5) is 0 Å². The first-order valence-electron chi connectivity index (χ1n) is 7.65. The Labute approximate surface area is 113 Å². The van der Waals surface area contributed by atoms with Crippen molar-refractivity contribution < 1.29 is 9.53 Å². The Bertz CT molecular complexity index is 209.